The monoisotopic (exact) mass is 610 g/mol. The standard InChI is InChI=1S/C26H38N6O9S/c1-19(33)40-12-11-29(16-24(35)28-30-9-7-27-8-10-30)25(36)6-13-42-18-22-14-23(34)15-31(22)26(37)41-17-20-2-4-21(5-3-20)32(38)39/h2-5,22-23,27,34H,6-18H2,1H3,(H,28,35). The number of piperazine rings is 1. The number of ether oxygens (including phenoxy) is 2. The molecule has 0 spiro atoms. The van der Waals surface area contributed by atoms with Gasteiger partial charge in [-0.05, 0) is 24.1 Å². The number of nitro groups is 1. The van der Waals surface area contributed by atoms with Crippen molar-refractivity contribution in [2.75, 3.05) is 63.9 Å². The van der Waals surface area contributed by atoms with Gasteiger partial charge in [-0.15, -0.1) is 0 Å². The molecule has 16 heteroatoms. The molecule has 2 unspecified atom stereocenters. The summed E-state index contributed by atoms with van der Waals surface area (Å²) in [7, 11) is 0. The fourth-order valence-corrected chi connectivity index (χ4v) is 5.58. The number of hydrogen-bond donors (Lipinski definition) is 3. The molecule has 232 valence electrons. The van der Waals surface area contributed by atoms with Crippen LogP contribution in [-0.4, -0.2) is 125 Å². The molecule has 42 heavy (non-hydrogen) atoms. The number of nitrogens with one attached hydrogen (secondary N) is 2. The largest absolute Gasteiger partial charge is 0.464 e. The summed E-state index contributed by atoms with van der Waals surface area (Å²) in [4.78, 5) is 62.5. The Labute approximate surface area is 248 Å². The van der Waals surface area contributed by atoms with Crippen LogP contribution in [0.1, 0.15) is 25.3 Å². The lowest BCUT2D eigenvalue weighted by Crippen LogP contribution is -2.54. The van der Waals surface area contributed by atoms with E-state index in [-0.39, 0.29) is 62.8 Å². The van der Waals surface area contributed by atoms with Crippen molar-refractivity contribution in [3.05, 3.63) is 39.9 Å². The van der Waals surface area contributed by atoms with Gasteiger partial charge >= 0.3 is 12.1 Å². The lowest BCUT2D eigenvalue weighted by molar-refractivity contribution is -0.384. The average molecular weight is 611 g/mol. The molecule has 0 saturated carbocycles. The summed E-state index contributed by atoms with van der Waals surface area (Å²) in [6.07, 6.45) is -0.798. The predicted molar refractivity (Wildman–Crippen MR) is 152 cm³/mol. The summed E-state index contributed by atoms with van der Waals surface area (Å²) >= 11 is 1.44. The minimum atomic E-state index is -0.699. The van der Waals surface area contributed by atoms with E-state index >= 15 is 0 Å². The Bertz CT molecular complexity index is 1090. The molecule has 1 aromatic carbocycles. The summed E-state index contributed by atoms with van der Waals surface area (Å²) in [5.74, 6) is -0.189. The normalized spacial score (nSPS) is 18.8. The average Bonchev–Trinajstić information content (AvgIpc) is 3.34. The van der Waals surface area contributed by atoms with Crippen LogP contribution in [0.15, 0.2) is 24.3 Å². The number of nitrogens with zero attached hydrogens (tertiary/aromatic N) is 4. The molecule has 3 rings (SSSR count). The summed E-state index contributed by atoms with van der Waals surface area (Å²) < 4.78 is 10.3. The SMILES string of the molecule is CC(=O)OCCN(CC(=O)NN1CCNCC1)C(=O)CCSCC1CC(O)CN1C(=O)OCc1ccc([N+](=O)[O-])cc1. The maximum Gasteiger partial charge on any atom is 0.410 e. The number of nitro benzene ring substituents is 1. The highest BCUT2D eigenvalue weighted by molar-refractivity contribution is 7.99. The predicted octanol–water partition coefficient (Wildman–Crippen LogP) is 0.118. The molecule has 0 bridgehead atoms. The number of aliphatic hydroxyl groups excluding tert-OH is 1. The van der Waals surface area contributed by atoms with Crippen LogP contribution in [0.4, 0.5) is 10.5 Å². The van der Waals surface area contributed by atoms with Gasteiger partial charge in [0.25, 0.3) is 11.6 Å². The van der Waals surface area contributed by atoms with Crippen molar-refractivity contribution >= 4 is 41.3 Å². The van der Waals surface area contributed by atoms with E-state index in [1.54, 1.807) is 5.01 Å². The van der Waals surface area contributed by atoms with Gasteiger partial charge in [0, 0.05) is 69.2 Å². The molecule has 3 amide bonds. The molecule has 15 nitrogen and oxygen atoms in total. The Kier molecular flexibility index (Phi) is 13.2. The van der Waals surface area contributed by atoms with Gasteiger partial charge in [-0.25, -0.2) is 9.80 Å². The highest BCUT2D eigenvalue weighted by Gasteiger charge is 2.35. The van der Waals surface area contributed by atoms with Crippen LogP contribution in [0.3, 0.4) is 0 Å². The zero-order valence-electron chi connectivity index (χ0n) is 23.6. The van der Waals surface area contributed by atoms with Crippen molar-refractivity contribution in [1.82, 2.24) is 25.6 Å². The number of carbonyl (C=O) groups excluding carboxylic acids is 4. The number of likely N-dealkylation sites (tertiary alicyclic amines) is 1. The van der Waals surface area contributed by atoms with Gasteiger partial charge in [-0.2, -0.15) is 11.8 Å². The first-order valence-electron chi connectivity index (χ1n) is 13.7. The highest BCUT2D eigenvalue weighted by Crippen LogP contribution is 2.23. The van der Waals surface area contributed by atoms with E-state index in [2.05, 4.69) is 10.7 Å². The first-order chi connectivity index (χ1) is 20.1. The third kappa shape index (κ3) is 11.1. The summed E-state index contributed by atoms with van der Waals surface area (Å²) in [6.45, 7) is 4.03. The molecule has 2 atom stereocenters. The van der Waals surface area contributed by atoms with Gasteiger partial charge < -0.3 is 29.7 Å². The van der Waals surface area contributed by atoms with Crippen molar-refractivity contribution in [1.29, 1.82) is 0 Å². The Hall–Kier alpha value is -3.47. The van der Waals surface area contributed by atoms with E-state index in [1.165, 1.54) is 52.8 Å². The number of hydrazine groups is 1. The zero-order chi connectivity index (χ0) is 30.5. The second kappa shape index (κ2) is 16.8. The van der Waals surface area contributed by atoms with Crippen LogP contribution in [0.2, 0.25) is 0 Å². The Morgan fingerprint density at radius 2 is 1.90 bits per heavy atom. The van der Waals surface area contributed by atoms with Crippen LogP contribution < -0.4 is 10.7 Å². The number of thioether (sulfide) groups is 1. The smallest absolute Gasteiger partial charge is 0.410 e. The van der Waals surface area contributed by atoms with Crippen molar-refractivity contribution in [2.24, 2.45) is 0 Å². The number of aliphatic hydroxyl groups is 1. The second-order valence-corrected chi connectivity index (χ2v) is 11.1. The third-order valence-electron chi connectivity index (χ3n) is 6.66. The number of amides is 3. The fourth-order valence-electron chi connectivity index (χ4n) is 4.51. The van der Waals surface area contributed by atoms with Crippen LogP contribution >= 0.6 is 11.8 Å². The van der Waals surface area contributed by atoms with Gasteiger partial charge in [0.2, 0.25) is 5.91 Å². The molecule has 2 heterocycles. The molecule has 2 aliphatic rings. The Morgan fingerprint density at radius 1 is 1.19 bits per heavy atom. The number of rotatable bonds is 14. The maximum atomic E-state index is 13.0. The van der Waals surface area contributed by atoms with Gasteiger partial charge in [0.05, 0.1) is 24.1 Å². The van der Waals surface area contributed by atoms with E-state index in [9.17, 15) is 34.4 Å². The summed E-state index contributed by atoms with van der Waals surface area (Å²) in [5.41, 5.74) is 3.34. The van der Waals surface area contributed by atoms with Crippen molar-refractivity contribution in [3.8, 4) is 0 Å². The molecule has 0 radical (unpaired) electrons. The highest BCUT2D eigenvalue weighted by atomic mass is 32.2. The minimum Gasteiger partial charge on any atom is -0.464 e. The molecule has 2 aliphatic heterocycles. The van der Waals surface area contributed by atoms with Gasteiger partial charge in [0.15, 0.2) is 0 Å². The fraction of sp³-hybridized carbons (Fsp3) is 0.615. The van der Waals surface area contributed by atoms with Gasteiger partial charge in [-0.3, -0.25) is 29.9 Å². The van der Waals surface area contributed by atoms with E-state index in [4.69, 9.17) is 9.47 Å². The van der Waals surface area contributed by atoms with Crippen molar-refractivity contribution in [3.63, 3.8) is 0 Å². The second-order valence-electron chi connectivity index (χ2n) is 9.93. The molecule has 3 N–H and O–H groups in total. The number of benzene rings is 1. The molecular formula is C26H38N6O9S. The zero-order valence-corrected chi connectivity index (χ0v) is 24.4. The van der Waals surface area contributed by atoms with E-state index in [0.717, 1.165) is 13.1 Å². The van der Waals surface area contributed by atoms with E-state index in [1.807, 2.05) is 0 Å². The van der Waals surface area contributed by atoms with Gasteiger partial charge in [0.1, 0.15) is 19.8 Å². The minimum absolute atomic E-state index is 0.0218. The third-order valence-corrected chi connectivity index (χ3v) is 7.77. The summed E-state index contributed by atoms with van der Waals surface area (Å²) in [6, 6.07) is 5.40. The van der Waals surface area contributed by atoms with Crippen LogP contribution in [-0.2, 0) is 30.5 Å². The molecule has 1 aromatic rings. The van der Waals surface area contributed by atoms with Crippen molar-refractivity contribution in [2.45, 2.75) is 38.5 Å². The maximum absolute atomic E-state index is 13.0. The van der Waals surface area contributed by atoms with Crippen LogP contribution in [0, 0.1) is 10.1 Å². The molecule has 0 aromatic heterocycles. The number of carbonyl (C=O) groups is 4. The van der Waals surface area contributed by atoms with Crippen LogP contribution in [0.5, 0.6) is 0 Å². The summed E-state index contributed by atoms with van der Waals surface area (Å²) in [5, 5.41) is 26.0. The van der Waals surface area contributed by atoms with E-state index in [0.29, 0.717) is 36.6 Å². The Morgan fingerprint density at radius 3 is 2.57 bits per heavy atom. The van der Waals surface area contributed by atoms with Crippen LogP contribution in [0.25, 0.3) is 0 Å². The number of esters is 1. The molecule has 0 aliphatic carbocycles. The number of hydrogen-bond acceptors (Lipinski definition) is 12. The number of non-ortho nitro benzene ring substituents is 1. The van der Waals surface area contributed by atoms with Gasteiger partial charge in [-0.1, -0.05) is 0 Å². The quantitative estimate of drug-likeness (QED) is 0.112. The molecule has 2 saturated heterocycles. The topological polar surface area (TPSA) is 184 Å². The molecule has 2 fully saturated rings. The van der Waals surface area contributed by atoms with Crippen molar-refractivity contribution < 1.29 is 38.7 Å². The molecular weight excluding hydrogens is 572 g/mol. The first-order valence-corrected chi connectivity index (χ1v) is 14.9. The first kappa shape index (κ1) is 33.0. The lowest BCUT2D eigenvalue weighted by Gasteiger charge is -2.29. The number of β-amino-alcohol motifs (C(OH)–C–C–N with tert-alkyl or cyclic N) is 1. The van der Waals surface area contributed by atoms with E-state index < -0.39 is 23.1 Å². The Balaban J connectivity index is 1.44. The lowest BCUT2D eigenvalue weighted by atomic mass is 10.2.